The minimum absolute atomic E-state index is 0.00494. The highest BCUT2D eigenvalue weighted by Gasteiger charge is 2.49. The Kier molecular flexibility index (Phi) is 7.18. The molecule has 0 aromatic heterocycles. The fourth-order valence-electron chi connectivity index (χ4n) is 3.24. The summed E-state index contributed by atoms with van der Waals surface area (Å²) in [5, 5.41) is 38.7. The van der Waals surface area contributed by atoms with Gasteiger partial charge in [0.25, 0.3) is 0 Å². The van der Waals surface area contributed by atoms with Gasteiger partial charge in [0, 0.05) is 58.9 Å². The minimum Gasteiger partial charge on any atom is -0.480 e. The summed E-state index contributed by atoms with van der Waals surface area (Å²) in [5.74, 6) is -1.32. The van der Waals surface area contributed by atoms with Crippen molar-refractivity contribution in [2.45, 2.75) is 18.2 Å². The predicted octanol–water partition coefficient (Wildman–Crippen LogP) is -2.75. The first-order valence-corrected chi connectivity index (χ1v) is 8.29. The number of amides is 1. The maximum atomic E-state index is 11.3. The molecule has 10 nitrogen and oxygen atoms in total. The molecule has 0 saturated carbocycles. The number of aliphatic carboxylic acids is 1. The Hall–Kier alpha value is -1.46. The zero-order valence-electron chi connectivity index (χ0n) is 13.6. The summed E-state index contributed by atoms with van der Waals surface area (Å²) in [6.45, 7) is 5.97. The van der Waals surface area contributed by atoms with Crippen molar-refractivity contribution in [3.05, 3.63) is 0 Å². The van der Waals surface area contributed by atoms with Crippen molar-refractivity contribution in [1.29, 1.82) is 0 Å². The molecule has 2 aliphatic rings. The SMILES string of the molecule is O=C(O)[C@H]1[C@@H](O)[C@H](N2CCNCCNCCNCC2)CN1C(=O)O. The second-order valence-electron chi connectivity index (χ2n) is 6.06. The molecule has 2 aliphatic heterocycles. The van der Waals surface area contributed by atoms with Crippen LogP contribution >= 0.6 is 0 Å². The number of likely N-dealkylation sites (tertiary alicyclic amines) is 1. The molecule has 0 aromatic rings. The first kappa shape index (κ1) is 18.9. The lowest BCUT2D eigenvalue weighted by Gasteiger charge is -2.31. The number of carboxylic acid groups (broad SMARTS) is 2. The molecule has 138 valence electrons. The Morgan fingerprint density at radius 2 is 1.38 bits per heavy atom. The van der Waals surface area contributed by atoms with Crippen LogP contribution in [-0.2, 0) is 4.79 Å². The van der Waals surface area contributed by atoms with Gasteiger partial charge in [-0.1, -0.05) is 0 Å². The van der Waals surface area contributed by atoms with Crippen LogP contribution < -0.4 is 16.0 Å². The lowest BCUT2D eigenvalue weighted by Crippen LogP contribution is -2.51. The van der Waals surface area contributed by atoms with Crippen LogP contribution in [0.5, 0.6) is 0 Å². The average Bonchev–Trinajstić information content (AvgIpc) is 2.86. The Balaban J connectivity index is 2.04. The van der Waals surface area contributed by atoms with E-state index in [0.717, 1.165) is 31.1 Å². The molecule has 0 radical (unpaired) electrons. The van der Waals surface area contributed by atoms with Gasteiger partial charge in [0.05, 0.1) is 6.04 Å². The van der Waals surface area contributed by atoms with Crippen molar-refractivity contribution < 1.29 is 24.9 Å². The third-order valence-corrected chi connectivity index (χ3v) is 4.51. The van der Waals surface area contributed by atoms with E-state index in [-0.39, 0.29) is 6.54 Å². The van der Waals surface area contributed by atoms with Crippen molar-refractivity contribution in [3.63, 3.8) is 0 Å². The van der Waals surface area contributed by atoms with Gasteiger partial charge in [-0.15, -0.1) is 0 Å². The van der Waals surface area contributed by atoms with Gasteiger partial charge < -0.3 is 31.3 Å². The lowest BCUT2D eigenvalue weighted by molar-refractivity contribution is -0.144. The van der Waals surface area contributed by atoms with E-state index in [1.807, 2.05) is 4.90 Å². The Morgan fingerprint density at radius 1 is 0.875 bits per heavy atom. The van der Waals surface area contributed by atoms with E-state index < -0.39 is 30.3 Å². The molecule has 2 heterocycles. The largest absolute Gasteiger partial charge is 0.480 e. The van der Waals surface area contributed by atoms with Crippen LogP contribution in [0.4, 0.5) is 4.79 Å². The van der Waals surface area contributed by atoms with Gasteiger partial charge in [-0.25, -0.2) is 9.59 Å². The average molecular weight is 345 g/mol. The molecule has 24 heavy (non-hydrogen) atoms. The van der Waals surface area contributed by atoms with Crippen molar-refractivity contribution in [2.24, 2.45) is 0 Å². The lowest BCUT2D eigenvalue weighted by atomic mass is 10.1. The number of carbonyl (C=O) groups is 2. The molecule has 6 N–H and O–H groups in total. The Labute approximate surface area is 140 Å². The van der Waals surface area contributed by atoms with Gasteiger partial charge in [-0.2, -0.15) is 0 Å². The summed E-state index contributed by atoms with van der Waals surface area (Å²) in [4.78, 5) is 25.4. The summed E-state index contributed by atoms with van der Waals surface area (Å²) in [6, 6.07) is -1.94. The zero-order chi connectivity index (χ0) is 17.5. The molecule has 10 heteroatoms. The number of nitrogens with one attached hydrogen (secondary N) is 3. The fraction of sp³-hybridized carbons (Fsp3) is 0.857. The molecular weight excluding hydrogens is 318 g/mol. The summed E-state index contributed by atoms with van der Waals surface area (Å²) in [6.07, 6.45) is -2.56. The first-order chi connectivity index (χ1) is 11.5. The second kappa shape index (κ2) is 9.14. The number of nitrogens with zero attached hydrogens (tertiary/aromatic N) is 2. The van der Waals surface area contributed by atoms with E-state index >= 15 is 0 Å². The normalized spacial score (nSPS) is 31.2. The van der Waals surface area contributed by atoms with Crippen LogP contribution in [-0.4, -0.2) is 114 Å². The minimum atomic E-state index is -1.42. The van der Waals surface area contributed by atoms with E-state index in [9.17, 15) is 24.9 Å². The number of hydrogen-bond acceptors (Lipinski definition) is 7. The van der Waals surface area contributed by atoms with Crippen molar-refractivity contribution in [2.75, 3.05) is 58.9 Å². The molecule has 0 aliphatic carbocycles. The first-order valence-electron chi connectivity index (χ1n) is 8.29. The molecule has 1 amide bonds. The number of aliphatic hydroxyl groups excluding tert-OH is 1. The summed E-state index contributed by atoms with van der Waals surface area (Å²) in [7, 11) is 0. The van der Waals surface area contributed by atoms with Crippen LogP contribution in [0.1, 0.15) is 0 Å². The van der Waals surface area contributed by atoms with Crippen molar-refractivity contribution in [1.82, 2.24) is 25.8 Å². The molecule has 0 aromatic carbocycles. The molecule has 0 bridgehead atoms. The van der Waals surface area contributed by atoms with Crippen LogP contribution in [0.25, 0.3) is 0 Å². The fourth-order valence-corrected chi connectivity index (χ4v) is 3.24. The van der Waals surface area contributed by atoms with E-state index in [1.54, 1.807) is 0 Å². The van der Waals surface area contributed by atoms with E-state index in [0.29, 0.717) is 26.2 Å². The maximum absolute atomic E-state index is 11.3. The summed E-state index contributed by atoms with van der Waals surface area (Å²) < 4.78 is 0. The Bertz CT molecular complexity index is 426. The topological polar surface area (TPSA) is 137 Å². The van der Waals surface area contributed by atoms with Crippen LogP contribution in [0.3, 0.4) is 0 Å². The highest BCUT2D eigenvalue weighted by molar-refractivity contribution is 5.81. The second-order valence-corrected chi connectivity index (χ2v) is 6.06. The van der Waals surface area contributed by atoms with Crippen molar-refractivity contribution in [3.8, 4) is 0 Å². The molecule has 3 atom stereocenters. The molecule has 2 rings (SSSR count). The van der Waals surface area contributed by atoms with Gasteiger partial charge in [0.1, 0.15) is 6.10 Å². The molecular formula is C14H27N5O5. The summed E-state index contributed by atoms with van der Waals surface area (Å²) >= 11 is 0. The van der Waals surface area contributed by atoms with Gasteiger partial charge in [-0.3, -0.25) is 9.80 Å². The van der Waals surface area contributed by atoms with Gasteiger partial charge in [0.2, 0.25) is 0 Å². The van der Waals surface area contributed by atoms with E-state index in [1.165, 1.54) is 0 Å². The van der Waals surface area contributed by atoms with E-state index in [4.69, 9.17) is 0 Å². The third kappa shape index (κ3) is 4.77. The quantitative estimate of drug-likeness (QED) is 0.314. The van der Waals surface area contributed by atoms with Gasteiger partial charge >= 0.3 is 12.1 Å². The molecule has 2 fully saturated rings. The van der Waals surface area contributed by atoms with Crippen LogP contribution in [0.2, 0.25) is 0 Å². The number of carboxylic acids is 1. The van der Waals surface area contributed by atoms with Crippen LogP contribution in [0.15, 0.2) is 0 Å². The summed E-state index contributed by atoms with van der Waals surface area (Å²) in [5.41, 5.74) is 0. The molecule has 0 unspecified atom stereocenters. The molecule has 0 spiro atoms. The standard InChI is InChI=1S/C14H27N5O5/c20-12-10(9-19(14(23)24)11(12)13(21)22)18-7-5-16-3-1-15-2-4-17-6-8-18/h10-12,15-17,20H,1-9H2,(H,21,22)(H,23,24)/t10-,11-,12+/m1/s1. The van der Waals surface area contributed by atoms with Gasteiger partial charge in [-0.05, 0) is 0 Å². The van der Waals surface area contributed by atoms with Crippen LogP contribution in [0, 0.1) is 0 Å². The number of rotatable bonds is 2. The van der Waals surface area contributed by atoms with Gasteiger partial charge in [0.15, 0.2) is 6.04 Å². The zero-order valence-corrected chi connectivity index (χ0v) is 13.6. The monoisotopic (exact) mass is 345 g/mol. The maximum Gasteiger partial charge on any atom is 0.408 e. The highest BCUT2D eigenvalue weighted by Crippen LogP contribution is 2.23. The van der Waals surface area contributed by atoms with Crippen molar-refractivity contribution >= 4 is 12.1 Å². The number of aliphatic hydroxyl groups is 1. The smallest absolute Gasteiger partial charge is 0.408 e. The van der Waals surface area contributed by atoms with E-state index in [2.05, 4.69) is 16.0 Å². The highest BCUT2D eigenvalue weighted by atomic mass is 16.4. The third-order valence-electron chi connectivity index (χ3n) is 4.51. The predicted molar refractivity (Wildman–Crippen MR) is 86.1 cm³/mol. The number of hydrogen-bond donors (Lipinski definition) is 6. The molecule has 2 saturated heterocycles. The Morgan fingerprint density at radius 3 is 1.79 bits per heavy atom.